The lowest BCUT2D eigenvalue weighted by Crippen LogP contribution is -2.10. The van der Waals surface area contributed by atoms with E-state index in [4.69, 9.17) is 5.73 Å². The van der Waals surface area contributed by atoms with Gasteiger partial charge in [-0.15, -0.1) is 11.3 Å². The monoisotopic (exact) mass is 350 g/mol. The third kappa shape index (κ3) is 2.74. The van der Waals surface area contributed by atoms with E-state index >= 15 is 0 Å². The second-order valence-electron chi connectivity index (χ2n) is 4.96. The summed E-state index contributed by atoms with van der Waals surface area (Å²) in [6, 6.07) is 7.45. The number of thiophene rings is 1. The highest BCUT2D eigenvalue weighted by Gasteiger charge is 2.17. The molecular formula is C15H15BrN2OS. The van der Waals surface area contributed by atoms with Crippen LogP contribution in [-0.4, -0.2) is 5.91 Å². The standard InChI is InChI=1S/C15H15BrN2OS/c16-11-8-10(5-6-12(11)17)18-15(19)14-7-9-3-1-2-4-13(9)20-14/h5-8H,1-4,17H2,(H,18,19). The molecule has 3 nitrogen and oxygen atoms in total. The normalized spacial score (nSPS) is 13.8. The van der Waals surface area contributed by atoms with Crippen molar-refractivity contribution in [2.75, 3.05) is 11.1 Å². The lowest BCUT2D eigenvalue weighted by Gasteiger charge is -2.08. The molecule has 1 aliphatic carbocycles. The average molecular weight is 351 g/mol. The van der Waals surface area contributed by atoms with Crippen molar-refractivity contribution >= 4 is 44.5 Å². The molecule has 1 aliphatic rings. The van der Waals surface area contributed by atoms with Gasteiger partial charge in [0.25, 0.3) is 5.91 Å². The Bertz CT molecular complexity index is 642. The van der Waals surface area contributed by atoms with E-state index in [-0.39, 0.29) is 5.91 Å². The molecule has 1 aromatic carbocycles. The van der Waals surface area contributed by atoms with Gasteiger partial charge in [-0.25, -0.2) is 0 Å². The third-order valence-electron chi connectivity index (χ3n) is 3.48. The molecule has 2 aromatic rings. The zero-order chi connectivity index (χ0) is 14.1. The first-order chi connectivity index (χ1) is 9.63. The molecule has 0 saturated carbocycles. The Morgan fingerprint density at radius 3 is 2.80 bits per heavy atom. The fourth-order valence-electron chi connectivity index (χ4n) is 2.40. The Morgan fingerprint density at radius 1 is 1.25 bits per heavy atom. The quantitative estimate of drug-likeness (QED) is 0.796. The number of anilines is 2. The molecule has 0 spiro atoms. The van der Waals surface area contributed by atoms with Gasteiger partial charge < -0.3 is 11.1 Å². The molecule has 3 N–H and O–H groups in total. The number of carbonyl (C=O) groups is 1. The molecule has 0 bridgehead atoms. The van der Waals surface area contributed by atoms with E-state index in [0.29, 0.717) is 5.69 Å². The minimum absolute atomic E-state index is 0.0407. The number of halogens is 1. The van der Waals surface area contributed by atoms with Gasteiger partial charge in [-0.2, -0.15) is 0 Å². The first kappa shape index (κ1) is 13.6. The van der Waals surface area contributed by atoms with Crippen LogP contribution in [0.5, 0.6) is 0 Å². The molecule has 0 saturated heterocycles. The van der Waals surface area contributed by atoms with Gasteiger partial charge in [-0.05, 0) is 71.4 Å². The Kier molecular flexibility index (Phi) is 3.81. The Labute approximate surface area is 130 Å². The highest BCUT2D eigenvalue weighted by molar-refractivity contribution is 9.10. The van der Waals surface area contributed by atoms with Crippen molar-refractivity contribution in [2.45, 2.75) is 25.7 Å². The van der Waals surface area contributed by atoms with E-state index in [1.165, 1.54) is 23.3 Å². The van der Waals surface area contributed by atoms with Crippen LogP contribution in [0.25, 0.3) is 0 Å². The van der Waals surface area contributed by atoms with Crippen molar-refractivity contribution in [1.82, 2.24) is 0 Å². The molecule has 1 amide bonds. The number of benzene rings is 1. The van der Waals surface area contributed by atoms with Crippen LogP contribution in [0, 0.1) is 0 Å². The van der Waals surface area contributed by atoms with E-state index in [1.807, 2.05) is 18.2 Å². The molecule has 1 heterocycles. The molecule has 0 unspecified atom stereocenters. The minimum atomic E-state index is -0.0407. The van der Waals surface area contributed by atoms with Crippen molar-refractivity contribution < 1.29 is 4.79 Å². The van der Waals surface area contributed by atoms with Crippen molar-refractivity contribution in [3.8, 4) is 0 Å². The Morgan fingerprint density at radius 2 is 2.05 bits per heavy atom. The second kappa shape index (κ2) is 5.58. The predicted molar refractivity (Wildman–Crippen MR) is 87.5 cm³/mol. The topological polar surface area (TPSA) is 55.1 Å². The lowest BCUT2D eigenvalue weighted by atomic mass is 9.99. The lowest BCUT2D eigenvalue weighted by molar-refractivity contribution is 0.103. The number of nitrogens with one attached hydrogen (secondary N) is 1. The Balaban J connectivity index is 1.78. The summed E-state index contributed by atoms with van der Waals surface area (Å²) < 4.78 is 0.792. The van der Waals surface area contributed by atoms with Gasteiger partial charge in [-0.3, -0.25) is 4.79 Å². The van der Waals surface area contributed by atoms with E-state index in [9.17, 15) is 4.79 Å². The highest BCUT2D eigenvalue weighted by Crippen LogP contribution is 2.30. The van der Waals surface area contributed by atoms with E-state index in [2.05, 4.69) is 21.2 Å². The molecule has 0 fully saturated rings. The van der Waals surface area contributed by atoms with Crippen LogP contribution in [0.15, 0.2) is 28.7 Å². The number of hydrogen-bond acceptors (Lipinski definition) is 3. The summed E-state index contributed by atoms with van der Waals surface area (Å²) in [6.45, 7) is 0. The number of fused-ring (bicyclic) bond motifs is 1. The minimum Gasteiger partial charge on any atom is -0.398 e. The summed E-state index contributed by atoms with van der Waals surface area (Å²) >= 11 is 4.99. The van der Waals surface area contributed by atoms with E-state index in [0.717, 1.165) is 27.9 Å². The third-order valence-corrected chi connectivity index (χ3v) is 5.40. The number of hydrogen-bond donors (Lipinski definition) is 2. The molecule has 0 radical (unpaired) electrons. The maximum atomic E-state index is 12.3. The van der Waals surface area contributed by atoms with Crippen molar-refractivity contribution in [3.63, 3.8) is 0 Å². The summed E-state index contributed by atoms with van der Waals surface area (Å²) in [5, 5.41) is 2.92. The van der Waals surface area contributed by atoms with E-state index < -0.39 is 0 Å². The molecular weight excluding hydrogens is 336 g/mol. The maximum Gasteiger partial charge on any atom is 0.265 e. The van der Waals surface area contributed by atoms with Crippen LogP contribution < -0.4 is 11.1 Å². The van der Waals surface area contributed by atoms with E-state index in [1.54, 1.807) is 17.4 Å². The number of aryl methyl sites for hydroxylation is 2. The predicted octanol–water partition coefficient (Wildman–Crippen LogP) is 4.22. The largest absolute Gasteiger partial charge is 0.398 e. The summed E-state index contributed by atoms with van der Waals surface area (Å²) in [6.07, 6.45) is 4.68. The fraction of sp³-hybridized carbons (Fsp3) is 0.267. The van der Waals surface area contributed by atoms with Crippen LogP contribution in [0.1, 0.15) is 33.0 Å². The van der Waals surface area contributed by atoms with Crippen molar-refractivity contribution in [2.24, 2.45) is 0 Å². The SMILES string of the molecule is Nc1ccc(NC(=O)c2cc3c(s2)CCCC3)cc1Br. The van der Waals surface area contributed by atoms with Gasteiger partial charge in [0.2, 0.25) is 0 Å². The number of nitrogens with two attached hydrogens (primary N) is 1. The summed E-state index contributed by atoms with van der Waals surface area (Å²) in [5.74, 6) is -0.0407. The summed E-state index contributed by atoms with van der Waals surface area (Å²) in [4.78, 5) is 14.5. The summed E-state index contributed by atoms with van der Waals surface area (Å²) in [7, 11) is 0. The molecule has 0 aliphatic heterocycles. The number of amides is 1. The number of nitrogen functional groups attached to an aromatic ring is 1. The zero-order valence-electron chi connectivity index (χ0n) is 10.9. The number of carbonyl (C=O) groups excluding carboxylic acids is 1. The van der Waals surface area contributed by atoms with Crippen LogP contribution in [0.3, 0.4) is 0 Å². The van der Waals surface area contributed by atoms with Crippen LogP contribution >= 0.6 is 27.3 Å². The smallest absolute Gasteiger partial charge is 0.265 e. The second-order valence-corrected chi connectivity index (χ2v) is 6.95. The highest BCUT2D eigenvalue weighted by atomic mass is 79.9. The molecule has 20 heavy (non-hydrogen) atoms. The van der Waals surface area contributed by atoms with Crippen LogP contribution in [0.2, 0.25) is 0 Å². The molecule has 104 valence electrons. The molecule has 3 rings (SSSR count). The zero-order valence-corrected chi connectivity index (χ0v) is 13.3. The van der Waals surface area contributed by atoms with Crippen molar-refractivity contribution in [3.05, 3.63) is 44.1 Å². The molecule has 1 aromatic heterocycles. The van der Waals surface area contributed by atoms with Gasteiger partial charge in [0, 0.05) is 20.7 Å². The van der Waals surface area contributed by atoms with Crippen LogP contribution in [0.4, 0.5) is 11.4 Å². The average Bonchev–Trinajstić information content (AvgIpc) is 2.87. The van der Waals surface area contributed by atoms with Gasteiger partial charge >= 0.3 is 0 Å². The molecule has 0 atom stereocenters. The Hall–Kier alpha value is -1.33. The van der Waals surface area contributed by atoms with Crippen LogP contribution in [-0.2, 0) is 12.8 Å². The van der Waals surface area contributed by atoms with Crippen molar-refractivity contribution in [1.29, 1.82) is 0 Å². The maximum absolute atomic E-state index is 12.3. The van der Waals surface area contributed by atoms with Gasteiger partial charge in [0.05, 0.1) is 4.88 Å². The molecule has 5 heteroatoms. The summed E-state index contributed by atoms with van der Waals surface area (Å²) in [5.41, 5.74) is 8.50. The van der Waals surface area contributed by atoms with Gasteiger partial charge in [0.1, 0.15) is 0 Å². The van der Waals surface area contributed by atoms with Gasteiger partial charge in [0.15, 0.2) is 0 Å². The first-order valence-electron chi connectivity index (χ1n) is 6.61. The first-order valence-corrected chi connectivity index (χ1v) is 8.22. The fourth-order valence-corrected chi connectivity index (χ4v) is 3.93. The number of rotatable bonds is 2. The van der Waals surface area contributed by atoms with Gasteiger partial charge in [-0.1, -0.05) is 0 Å².